The van der Waals surface area contributed by atoms with Crippen LogP contribution in [0.3, 0.4) is 0 Å². The van der Waals surface area contributed by atoms with Crippen LogP contribution >= 0.6 is 0 Å². The van der Waals surface area contributed by atoms with Gasteiger partial charge in [0.05, 0.1) is 18.0 Å². The van der Waals surface area contributed by atoms with Crippen molar-refractivity contribution in [2.75, 3.05) is 6.54 Å². The third kappa shape index (κ3) is 4.70. The van der Waals surface area contributed by atoms with Gasteiger partial charge in [-0.3, -0.25) is 9.59 Å². The van der Waals surface area contributed by atoms with E-state index in [0.717, 1.165) is 31.0 Å². The molecule has 0 bridgehead atoms. The van der Waals surface area contributed by atoms with Gasteiger partial charge in [0, 0.05) is 0 Å². The Labute approximate surface area is 115 Å². The largest absolute Gasteiger partial charge is 0.481 e. The second-order valence-corrected chi connectivity index (χ2v) is 4.45. The van der Waals surface area contributed by atoms with Crippen molar-refractivity contribution in [1.29, 1.82) is 0 Å². The molecule has 0 saturated carbocycles. The predicted molar refractivity (Wildman–Crippen MR) is 69.6 cm³/mol. The summed E-state index contributed by atoms with van der Waals surface area (Å²) < 4.78 is 26.6. The van der Waals surface area contributed by atoms with E-state index in [1.54, 1.807) is 0 Å². The molecule has 110 valence electrons. The molecule has 0 fully saturated rings. The topological polar surface area (TPSA) is 66.4 Å². The number of rotatable bonds is 8. The number of unbranched alkanes of at least 4 members (excludes halogenated alkanes) is 1. The Hall–Kier alpha value is -1.82. The van der Waals surface area contributed by atoms with Crippen molar-refractivity contribution in [3.63, 3.8) is 0 Å². The Bertz CT molecular complexity index is 491. The highest BCUT2D eigenvalue weighted by Gasteiger charge is 2.25. The predicted octanol–water partition coefficient (Wildman–Crippen LogP) is 2.38. The number of carbonyl (C=O) groups excluding carboxylic acids is 1. The van der Waals surface area contributed by atoms with E-state index in [4.69, 9.17) is 5.11 Å². The van der Waals surface area contributed by atoms with E-state index in [1.165, 1.54) is 0 Å². The number of benzene rings is 1. The summed E-state index contributed by atoms with van der Waals surface area (Å²) in [5, 5.41) is 11.6. The molecule has 20 heavy (non-hydrogen) atoms. The summed E-state index contributed by atoms with van der Waals surface area (Å²) in [4.78, 5) is 22.9. The molecule has 1 atom stereocenters. The lowest BCUT2D eigenvalue weighted by Crippen LogP contribution is -2.39. The number of aliphatic carboxylic acids is 1. The minimum Gasteiger partial charge on any atom is -0.481 e. The van der Waals surface area contributed by atoms with Crippen LogP contribution in [-0.2, 0) is 4.79 Å². The number of carboxylic acids is 1. The fraction of sp³-hybridized carbons (Fsp3) is 0.429. The van der Waals surface area contributed by atoms with Crippen molar-refractivity contribution in [3.05, 3.63) is 35.4 Å². The standard InChI is InChI=1S/C14H17F2NO3/c1-2-3-6-17-12(8-13(18)19)14(20)10-7-9(15)4-5-11(10)16/h4-5,7,12,17H,2-3,6,8H2,1H3,(H,18,19). The quantitative estimate of drug-likeness (QED) is 0.568. The van der Waals surface area contributed by atoms with Crippen LogP contribution in [0.4, 0.5) is 8.78 Å². The molecule has 0 spiro atoms. The number of halogens is 2. The summed E-state index contributed by atoms with van der Waals surface area (Å²) >= 11 is 0. The molecule has 1 aromatic rings. The highest BCUT2D eigenvalue weighted by molar-refractivity contribution is 6.01. The van der Waals surface area contributed by atoms with Crippen LogP contribution in [0.25, 0.3) is 0 Å². The van der Waals surface area contributed by atoms with E-state index >= 15 is 0 Å². The normalized spacial score (nSPS) is 12.2. The molecule has 0 heterocycles. The summed E-state index contributed by atoms with van der Waals surface area (Å²) in [6, 6.07) is 1.49. The number of hydrogen-bond acceptors (Lipinski definition) is 3. The molecular weight excluding hydrogens is 268 g/mol. The molecule has 6 heteroatoms. The Balaban J connectivity index is 2.90. The van der Waals surface area contributed by atoms with Crippen molar-refractivity contribution < 1.29 is 23.5 Å². The Morgan fingerprint density at radius 2 is 2.05 bits per heavy atom. The maximum Gasteiger partial charge on any atom is 0.305 e. The van der Waals surface area contributed by atoms with Gasteiger partial charge in [-0.15, -0.1) is 0 Å². The van der Waals surface area contributed by atoms with Gasteiger partial charge in [-0.2, -0.15) is 0 Å². The minimum atomic E-state index is -1.18. The molecule has 1 rings (SSSR count). The van der Waals surface area contributed by atoms with Crippen molar-refractivity contribution in [3.8, 4) is 0 Å². The van der Waals surface area contributed by atoms with Crippen LogP contribution in [-0.4, -0.2) is 29.4 Å². The average Bonchev–Trinajstić information content (AvgIpc) is 2.39. The molecule has 1 aromatic carbocycles. The van der Waals surface area contributed by atoms with Crippen molar-refractivity contribution in [2.24, 2.45) is 0 Å². The molecule has 2 N–H and O–H groups in total. The third-order valence-electron chi connectivity index (χ3n) is 2.81. The van der Waals surface area contributed by atoms with E-state index < -0.39 is 41.4 Å². The van der Waals surface area contributed by atoms with E-state index in [2.05, 4.69) is 5.32 Å². The molecular formula is C14H17F2NO3. The lowest BCUT2D eigenvalue weighted by atomic mass is 10.0. The zero-order valence-electron chi connectivity index (χ0n) is 11.2. The summed E-state index contributed by atoms with van der Waals surface area (Å²) in [5.74, 6) is -3.52. The maximum atomic E-state index is 13.5. The molecule has 0 saturated heterocycles. The summed E-state index contributed by atoms with van der Waals surface area (Å²) in [6.07, 6.45) is 1.16. The fourth-order valence-electron chi connectivity index (χ4n) is 1.76. The Kier molecular flexibility index (Phi) is 6.24. The van der Waals surface area contributed by atoms with Crippen LogP contribution in [0.1, 0.15) is 36.5 Å². The molecule has 0 aliphatic rings. The number of carbonyl (C=O) groups is 2. The highest BCUT2D eigenvalue weighted by atomic mass is 19.1. The smallest absolute Gasteiger partial charge is 0.305 e. The van der Waals surface area contributed by atoms with Gasteiger partial charge in [0.2, 0.25) is 0 Å². The number of ketones is 1. The molecule has 4 nitrogen and oxygen atoms in total. The molecule has 0 radical (unpaired) electrons. The Morgan fingerprint density at radius 1 is 1.35 bits per heavy atom. The van der Waals surface area contributed by atoms with Crippen LogP contribution in [0, 0.1) is 11.6 Å². The van der Waals surface area contributed by atoms with Crippen LogP contribution in [0.15, 0.2) is 18.2 Å². The number of nitrogens with one attached hydrogen (secondary N) is 1. The molecule has 0 aromatic heterocycles. The Morgan fingerprint density at radius 3 is 2.65 bits per heavy atom. The van der Waals surface area contributed by atoms with Crippen molar-refractivity contribution in [1.82, 2.24) is 5.32 Å². The van der Waals surface area contributed by atoms with E-state index in [0.29, 0.717) is 6.54 Å². The summed E-state index contributed by atoms with van der Waals surface area (Å²) in [7, 11) is 0. The van der Waals surface area contributed by atoms with Gasteiger partial charge < -0.3 is 10.4 Å². The van der Waals surface area contributed by atoms with E-state index in [9.17, 15) is 18.4 Å². The lowest BCUT2D eigenvalue weighted by Gasteiger charge is -2.16. The van der Waals surface area contributed by atoms with Gasteiger partial charge in [-0.05, 0) is 31.2 Å². The molecule has 0 aliphatic carbocycles. The first kappa shape index (κ1) is 16.2. The minimum absolute atomic E-state index is 0.430. The van der Waals surface area contributed by atoms with Crippen LogP contribution in [0.2, 0.25) is 0 Å². The third-order valence-corrected chi connectivity index (χ3v) is 2.81. The monoisotopic (exact) mass is 285 g/mol. The first-order valence-electron chi connectivity index (χ1n) is 6.40. The molecule has 0 aliphatic heterocycles. The van der Waals surface area contributed by atoms with E-state index in [1.807, 2.05) is 6.92 Å². The van der Waals surface area contributed by atoms with Gasteiger partial charge in [-0.1, -0.05) is 13.3 Å². The van der Waals surface area contributed by atoms with E-state index in [-0.39, 0.29) is 0 Å². The van der Waals surface area contributed by atoms with Crippen LogP contribution < -0.4 is 5.32 Å². The maximum absolute atomic E-state index is 13.5. The number of hydrogen-bond donors (Lipinski definition) is 2. The molecule has 1 unspecified atom stereocenters. The lowest BCUT2D eigenvalue weighted by molar-refractivity contribution is -0.137. The zero-order chi connectivity index (χ0) is 15.1. The van der Waals surface area contributed by atoms with Crippen molar-refractivity contribution in [2.45, 2.75) is 32.2 Å². The van der Waals surface area contributed by atoms with Crippen molar-refractivity contribution >= 4 is 11.8 Å². The first-order valence-corrected chi connectivity index (χ1v) is 6.40. The SMILES string of the molecule is CCCCNC(CC(=O)O)C(=O)c1cc(F)ccc1F. The first-order chi connectivity index (χ1) is 9.45. The van der Waals surface area contributed by atoms with Gasteiger partial charge in [-0.25, -0.2) is 8.78 Å². The van der Waals surface area contributed by atoms with Gasteiger partial charge in [0.25, 0.3) is 0 Å². The van der Waals surface area contributed by atoms with Gasteiger partial charge in [0.1, 0.15) is 11.6 Å². The molecule has 0 amide bonds. The second-order valence-electron chi connectivity index (χ2n) is 4.45. The summed E-state index contributed by atoms with van der Waals surface area (Å²) in [6.45, 7) is 2.39. The highest BCUT2D eigenvalue weighted by Crippen LogP contribution is 2.13. The zero-order valence-corrected chi connectivity index (χ0v) is 11.2. The fourth-order valence-corrected chi connectivity index (χ4v) is 1.76. The number of carboxylic acid groups (broad SMARTS) is 1. The van der Waals surface area contributed by atoms with Gasteiger partial charge >= 0.3 is 5.97 Å². The van der Waals surface area contributed by atoms with Gasteiger partial charge in [0.15, 0.2) is 5.78 Å². The summed E-state index contributed by atoms with van der Waals surface area (Å²) in [5.41, 5.74) is -0.430. The van der Waals surface area contributed by atoms with Crippen LogP contribution in [0.5, 0.6) is 0 Å². The number of Topliss-reactive ketones (excluding diaryl/α,β-unsaturated/α-hetero) is 1. The average molecular weight is 285 g/mol. The second kappa shape index (κ2) is 7.69.